The van der Waals surface area contributed by atoms with E-state index < -0.39 is 69.6 Å². The van der Waals surface area contributed by atoms with E-state index in [9.17, 15) is 54.3 Å². The first kappa shape index (κ1) is 51.0. The first-order valence-electron chi connectivity index (χ1n) is 21.4. The summed E-state index contributed by atoms with van der Waals surface area (Å²) in [5.41, 5.74) is 1.67. The molecule has 0 saturated carbocycles. The quantitative estimate of drug-likeness (QED) is 0.0357. The molecule has 2 fully saturated rings. The number of carbonyl (C=O) groups excluding carboxylic acids is 5. The smallest absolute Gasteiger partial charge is 0.417 e. The van der Waals surface area contributed by atoms with Gasteiger partial charge in [0.25, 0.3) is 17.1 Å². The maximum Gasteiger partial charge on any atom is 0.417 e. The van der Waals surface area contributed by atoms with Crippen LogP contribution >= 0.6 is 11.8 Å². The van der Waals surface area contributed by atoms with Crippen molar-refractivity contribution in [1.82, 2.24) is 25.3 Å². The zero-order valence-corrected chi connectivity index (χ0v) is 38.4. The fourth-order valence-electron chi connectivity index (χ4n) is 7.39. The van der Waals surface area contributed by atoms with Gasteiger partial charge in [0, 0.05) is 73.1 Å². The Morgan fingerprint density at radius 2 is 1.24 bits per heavy atom. The molecule has 6 rings (SSSR count). The fraction of sp³-hybridized carbons (Fsp3) is 0.333. The topological polar surface area (TPSA) is 309 Å². The number of ether oxygens (including phenoxy) is 4. The van der Waals surface area contributed by atoms with Crippen LogP contribution in [-0.2, 0) is 49.4 Å². The summed E-state index contributed by atoms with van der Waals surface area (Å²) in [6, 6.07) is 20.1. The largest absolute Gasteiger partial charge is 0.497 e. The molecule has 0 aliphatic carbocycles. The molecule has 2 saturated heterocycles. The van der Waals surface area contributed by atoms with E-state index in [0.29, 0.717) is 39.5 Å². The Hall–Kier alpha value is -8.35. The average molecular weight is 986 g/mol. The summed E-state index contributed by atoms with van der Waals surface area (Å²) < 4.78 is 21.4. The molecule has 4 aromatic rings. The van der Waals surface area contributed by atoms with Gasteiger partial charge in [-0.15, -0.1) is 0 Å². The molecule has 5 amide bonds. The second kappa shape index (κ2) is 23.6. The van der Waals surface area contributed by atoms with Gasteiger partial charge in [-0.3, -0.25) is 55.6 Å². The SMILES string of the molecule is COc1ccc(CS[C@H]2C[C@@H](C(=O)N3CC[C@H](NC(=O)[C@H](C)N(C(=N)NC(=O)OCc4ccc([N+](=O)[O-])cc4)C(=O)OCc4ccc([N+](=O)[O-])cc4)C3)N(C(=O)OCc3ccc([N+](=O)[O-])cc3)C2)cc1. The van der Waals surface area contributed by atoms with E-state index in [1.165, 1.54) is 89.5 Å². The molecular formula is C45H47N9O15S. The molecule has 0 aromatic heterocycles. The number of alkyl carbamates (subject to hydrolysis) is 1. The number of rotatable bonds is 17. The van der Waals surface area contributed by atoms with E-state index >= 15 is 0 Å². The van der Waals surface area contributed by atoms with E-state index in [-0.39, 0.29) is 67.5 Å². The highest BCUT2D eigenvalue weighted by Crippen LogP contribution is 2.33. The van der Waals surface area contributed by atoms with Crippen LogP contribution in [0.1, 0.15) is 42.0 Å². The highest BCUT2D eigenvalue weighted by molar-refractivity contribution is 7.99. The van der Waals surface area contributed by atoms with Crippen LogP contribution in [-0.4, -0.2) is 116 Å². The van der Waals surface area contributed by atoms with Crippen LogP contribution in [0.2, 0.25) is 0 Å². The molecule has 0 unspecified atom stereocenters. The molecule has 368 valence electrons. The predicted molar refractivity (Wildman–Crippen MR) is 248 cm³/mol. The molecule has 0 spiro atoms. The van der Waals surface area contributed by atoms with Crippen molar-refractivity contribution in [3.05, 3.63) is 150 Å². The molecule has 4 atom stereocenters. The number of non-ortho nitro benzene ring substituents is 3. The summed E-state index contributed by atoms with van der Waals surface area (Å²) >= 11 is 1.56. The molecule has 2 heterocycles. The molecular weight excluding hydrogens is 939 g/mol. The Morgan fingerprint density at radius 3 is 1.76 bits per heavy atom. The van der Waals surface area contributed by atoms with E-state index in [1.54, 1.807) is 18.9 Å². The summed E-state index contributed by atoms with van der Waals surface area (Å²) in [7, 11) is 1.57. The second-order valence-electron chi connectivity index (χ2n) is 15.9. The highest BCUT2D eigenvalue weighted by Gasteiger charge is 2.44. The summed E-state index contributed by atoms with van der Waals surface area (Å²) in [6.45, 7) is 0.625. The van der Waals surface area contributed by atoms with Gasteiger partial charge < -0.3 is 29.2 Å². The van der Waals surface area contributed by atoms with Crippen LogP contribution in [0.4, 0.5) is 31.4 Å². The van der Waals surface area contributed by atoms with Crippen molar-refractivity contribution in [2.45, 2.75) is 68.7 Å². The number of nitrogens with zero attached hydrogens (tertiary/aromatic N) is 6. The summed E-state index contributed by atoms with van der Waals surface area (Å²) in [6.07, 6.45) is -2.67. The minimum atomic E-state index is -1.52. The van der Waals surface area contributed by atoms with Gasteiger partial charge in [-0.05, 0) is 90.6 Å². The minimum Gasteiger partial charge on any atom is -0.497 e. The van der Waals surface area contributed by atoms with Crippen molar-refractivity contribution in [2.75, 3.05) is 26.7 Å². The van der Waals surface area contributed by atoms with Crippen LogP contribution in [0, 0.1) is 35.8 Å². The molecule has 24 nitrogen and oxygen atoms in total. The van der Waals surface area contributed by atoms with Gasteiger partial charge in [0.05, 0.1) is 21.9 Å². The monoisotopic (exact) mass is 985 g/mol. The molecule has 4 aromatic carbocycles. The molecule has 0 bridgehead atoms. The first-order chi connectivity index (χ1) is 33.5. The fourth-order valence-corrected chi connectivity index (χ4v) is 8.59. The lowest BCUT2D eigenvalue weighted by Crippen LogP contribution is -2.57. The Kier molecular flexibility index (Phi) is 17.2. The number of nitro benzene ring substituents is 3. The van der Waals surface area contributed by atoms with Gasteiger partial charge in [0.15, 0.2) is 0 Å². The van der Waals surface area contributed by atoms with E-state index in [0.717, 1.165) is 5.56 Å². The van der Waals surface area contributed by atoms with Crippen LogP contribution in [0.25, 0.3) is 0 Å². The van der Waals surface area contributed by atoms with Crippen molar-refractivity contribution in [2.24, 2.45) is 0 Å². The van der Waals surface area contributed by atoms with Crippen molar-refractivity contribution in [3.8, 4) is 5.75 Å². The average Bonchev–Trinajstić information content (AvgIpc) is 4.02. The molecule has 25 heteroatoms. The zero-order valence-electron chi connectivity index (χ0n) is 37.6. The predicted octanol–water partition coefficient (Wildman–Crippen LogP) is 6.04. The van der Waals surface area contributed by atoms with Gasteiger partial charge >= 0.3 is 18.3 Å². The Morgan fingerprint density at radius 1 is 0.743 bits per heavy atom. The molecule has 0 radical (unpaired) electrons. The van der Waals surface area contributed by atoms with E-state index in [4.69, 9.17) is 24.4 Å². The molecule has 70 heavy (non-hydrogen) atoms. The summed E-state index contributed by atoms with van der Waals surface area (Å²) in [4.78, 5) is 103. The Balaban J connectivity index is 1.10. The number of nitrogens with one attached hydrogen (secondary N) is 3. The van der Waals surface area contributed by atoms with Crippen molar-refractivity contribution in [1.29, 1.82) is 5.41 Å². The summed E-state index contributed by atoms with van der Waals surface area (Å²) in [5, 5.41) is 46.6. The third-order valence-corrected chi connectivity index (χ3v) is 12.5. The number of thioether (sulfide) groups is 1. The van der Waals surface area contributed by atoms with Crippen LogP contribution < -0.4 is 15.4 Å². The van der Waals surface area contributed by atoms with Crippen LogP contribution in [0.5, 0.6) is 5.75 Å². The Labute approximate surface area is 403 Å². The van der Waals surface area contributed by atoms with Gasteiger partial charge in [-0.2, -0.15) is 11.8 Å². The van der Waals surface area contributed by atoms with Gasteiger partial charge in [0.1, 0.15) is 37.7 Å². The standard InChI is InChI=1S/C45H47N9O15S/c1-28(51(45(59)69-26-31-7-15-36(16-8-31)54(64)65)42(46)48-43(57)67-24-29-3-11-34(12-4-29)52(60)61)40(55)47-33-19-20-49(22-33)41(56)39-21-38(70-27-32-9-17-37(66-2)18-10-32)23-50(39)44(58)68-25-30-5-13-35(14-6-30)53(62)63/h3-18,28,33,38-39H,19-27H2,1-2H3,(H,47,55)(H2,46,48,57)/t28-,33-,38-,39-/m0/s1. The number of guanidine groups is 1. The third kappa shape index (κ3) is 13.6. The Bertz CT molecular complexity index is 2590. The number of hydrogen-bond donors (Lipinski definition) is 3. The van der Waals surface area contributed by atoms with Gasteiger partial charge in [0.2, 0.25) is 17.8 Å². The lowest BCUT2D eigenvalue weighted by atomic mass is 10.2. The number of carbonyl (C=O) groups is 5. The van der Waals surface area contributed by atoms with Crippen molar-refractivity contribution in [3.63, 3.8) is 0 Å². The minimum absolute atomic E-state index is 0.0123. The van der Waals surface area contributed by atoms with E-state index in [2.05, 4.69) is 10.6 Å². The van der Waals surface area contributed by atoms with Crippen LogP contribution in [0.15, 0.2) is 97.1 Å². The number of nitro groups is 3. The zero-order chi connectivity index (χ0) is 50.5. The molecule has 3 N–H and O–H groups in total. The normalized spacial score (nSPS) is 16.6. The number of likely N-dealkylation sites (tertiary alicyclic amines) is 2. The summed E-state index contributed by atoms with van der Waals surface area (Å²) in [5.74, 6) is -0.838. The van der Waals surface area contributed by atoms with Gasteiger partial charge in [-0.1, -0.05) is 12.1 Å². The number of benzene rings is 4. The maximum absolute atomic E-state index is 14.3. The number of hydrogen-bond acceptors (Lipinski definition) is 17. The second-order valence-corrected chi connectivity index (χ2v) is 17.2. The molecule has 2 aliphatic heterocycles. The van der Waals surface area contributed by atoms with Gasteiger partial charge in [-0.25, -0.2) is 19.3 Å². The number of methoxy groups -OCH3 is 1. The maximum atomic E-state index is 14.3. The van der Waals surface area contributed by atoms with Crippen LogP contribution in [0.3, 0.4) is 0 Å². The third-order valence-electron chi connectivity index (χ3n) is 11.2. The molecule has 2 aliphatic rings. The van der Waals surface area contributed by atoms with Crippen molar-refractivity contribution < 1.29 is 57.7 Å². The lowest BCUT2D eigenvalue weighted by Gasteiger charge is -2.29. The number of amides is 5. The highest BCUT2D eigenvalue weighted by atomic mass is 32.2. The lowest BCUT2D eigenvalue weighted by molar-refractivity contribution is -0.385. The van der Waals surface area contributed by atoms with E-state index in [1.807, 2.05) is 24.3 Å². The first-order valence-corrected chi connectivity index (χ1v) is 22.5. The van der Waals surface area contributed by atoms with Crippen molar-refractivity contribution >= 4 is 64.9 Å².